The van der Waals surface area contributed by atoms with E-state index in [1.165, 1.54) is 12.1 Å². The maximum atomic E-state index is 13.1. The molecule has 1 aromatic carbocycles. The van der Waals surface area contributed by atoms with E-state index in [0.29, 0.717) is 17.3 Å². The van der Waals surface area contributed by atoms with E-state index in [2.05, 4.69) is 14.9 Å². The minimum atomic E-state index is -4.37. The average molecular weight is 391 g/mol. The summed E-state index contributed by atoms with van der Waals surface area (Å²) in [6, 6.07) is 5.90. The van der Waals surface area contributed by atoms with Crippen LogP contribution in [0.2, 0.25) is 0 Å². The molecule has 1 unspecified atom stereocenters. The lowest BCUT2D eigenvalue weighted by atomic mass is 9.89. The third-order valence-corrected chi connectivity index (χ3v) is 5.74. The molecule has 0 spiro atoms. The number of hydrogen-bond donors (Lipinski definition) is 0. The Morgan fingerprint density at radius 1 is 1.04 bits per heavy atom. The predicted molar refractivity (Wildman–Crippen MR) is 99.9 cm³/mol. The van der Waals surface area contributed by atoms with E-state index < -0.39 is 11.7 Å². The van der Waals surface area contributed by atoms with E-state index in [9.17, 15) is 13.2 Å². The van der Waals surface area contributed by atoms with Crippen molar-refractivity contribution in [2.24, 2.45) is 0 Å². The van der Waals surface area contributed by atoms with Crippen LogP contribution >= 0.6 is 0 Å². The molecule has 0 aliphatic carbocycles. The Morgan fingerprint density at radius 3 is 2.61 bits per heavy atom. The van der Waals surface area contributed by atoms with Crippen LogP contribution in [0.3, 0.4) is 0 Å². The van der Waals surface area contributed by atoms with Gasteiger partial charge in [-0.25, -0.2) is 0 Å². The van der Waals surface area contributed by atoms with Crippen LogP contribution < -0.4 is 0 Å². The molecular formula is C21H24F3N3O. The van der Waals surface area contributed by atoms with Crippen LogP contribution in [0.4, 0.5) is 13.2 Å². The van der Waals surface area contributed by atoms with Gasteiger partial charge < -0.3 is 4.74 Å². The third kappa shape index (κ3) is 4.20. The number of ether oxygens (including phenoxy) is 1. The number of halogens is 3. The lowest BCUT2D eigenvalue weighted by Crippen LogP contribution is -2.44. The second-order valence-corrected chi connectivity index (χ2v) is 7.55. The van der Waals surface area contributed by atoms with E-state index in [1.807, 2.05) is 0 Å². The second-order valence-electron chi connectivity index (χ2n) is 7.55. The molecule has 0 radical (unpaired) electrons. The highest BCUT2D eigenvalue weighted by Gasteiger charge is 2.32. The quantitative estimate of drug-likeness (QED) is 0.771. The summed E-state index contributed by atoms with van der Waals surface area (Å²) in [6.07, 6.45) is 2.92. The van der Waals surface area contributed by atoms with Gasteiger partial charge in [-0.1, -0.05) is 12.1 Å². The summed E-state index contributed by atoms with van der Waals surface area (Å²) in [4.78, 5) is 11.5. The van der Waals surface area contributed by atoms with Gasteiger partial charge in [-0.15, -0.1) is 0 Å². The van der Waals surface area contributed by atoms with Crippen LogP contribution in [0, 0.1) is 0 Å². The fourth-order valence-electron chi connectivity index (χ4n) is 4.32. The van der Waals surface area contributed by atoms with E-state index >= 15 is 0 Å². The fourth-order valence-corrected chi connectivity index (χ4v) is 4.32. The monoisotopic (exact) mass is 391 g/mol. The summed E-state index contributed by atoms with van der Waals surface area (Å²) in [5.41, 5.74) is 1.18. The molecule has 4 rings (SSSR count). The number of benzene rings is 1. The molecule has 7 heteroatoms. The first-order chi connectivity index (χ1) is 13.5. The highest BCUT2D eigenvalue weighted by atomic mass is 19.4. The zero-order valence-electron chi connectivity index (χ0n) is 15.7. The van der Waals surface area contributed by atoms with Crippen molar-refractivity contribution >= 4 is 0 Å². The van der Waals surface area contributed by atoms with Crippen molar-refractivity contribution in [1.82, 2.24) is 14.9 Å². The molecule has 2 saturated heterocycles. The number of alkyl halides is 3. The van der Waals surface area contributed by atoms with Crippen LogP contribution in [0.15, 0.2) is 36.7 Å². The van der Waals surface area contributed by atoms with E-state index in [1.54, 1.807) is 18.5 Å². The molecule has 2 fully saturated rings. The molecule has 0 saturated carbocycles. The Kier molecular flexibility index (Phi) is 5.64. The summed E-state index contributed by atoms with van der Waals surface area (Å²) in [5, 5.41) is 0. The summed E-state index contributed by atoms with van der Waals surface area (Å²) < 4.78 is 44.9. The molecular weight excluding hydrogens is 367 g/mol. The van der Waals surface area contributed by atoms with Gasteiger partial charge in [0.25, 0.3) is 0 Å². The molecule has 0 bridgehead atoms. The zero-order chi connectivity index (χ0) is 19.6. The third-order valence-electron chi connectivity index (χ3n) is 5.74. The summed E-state index contributed by atoms with van der Waals surface area (Å²) in [6.45, 7) is 3.52. The molecule has 28 heavy (non-hydrogen) atoms. The highest BCUT2D eigenvalue weighted by Crippen LogP contribution is 2.36. The topological polar surface area (TPSA) is 38.2 Å². The lowest BCUT2D eigenvalue weighted by molar-refractivity contribution is -0.137. The number of nitrogens with zero attached hydrogens (tertiary/aromatic N) is 3. The summed E-state index contributed by atoms with van der Waals surface area (Å²) >= 11 is 0. The molecule has 1 atom stereocenters. The molecule has 0 amide bonds. The lowest BCUT2D eigenvalue weighted by Gasteiger charge is -2.40. The van der Waals surface area contributed by atoms with Crippen molar-refractivity contribution in [3.8, 4) is 11.3 Å². The SMILES string of the molecule is FC(F)(F)c1cccc(-c2nccnc2C2CCCN(C3CCOCC3)C2)c1. The van der Waals surface area contributed by atoms with E-state index in [4.69, 9.17) is 4.74 Å². The first-order valence-electron chi connectivity index (χ1n) is 9.82. The van der Waals surface area contributed by atoms with Crippen molar-refractivity contribution in [2.45, 2.75) is 43.8 Å². The van der Waals surface area contributed by atoms with Crippen LogP contribution in [0.1, 0.15) is 42.9 Å². The van der Waals surface area contributed by atoms with E-state index in [0.717, 1.165) is 63.7 Å². The van der Waals surface area contributed by atoms with Crippen LogP contribution in [-0.2, 0) is 10.9 Å². The van der Waals surface area contributed by atoms with Gasteiger partial charge in [0.05, 0.1) is 17.0 Å². The first kappa shape index (κ1) is 19.3. The molecule has 4 nitrogen and oxygen atoms in total. The van der Waals surface area contributed by atoms with Gasteiger partial charge in [0, 0.05) is 49.7 Å². The second kappa shape index (κ2) is 8.17. The van der Waals surface area contributed by atoms with Gasteiger partial charge >= 0.3 is 6.18 Å². The van der Waals surface area contributed by atoms with Crippen LogP contribution in [-0.4, -0.2) is 47.2 Å². The average Bonchev–Trinajstić information content (AvgIpc) is 2.74. The van der Waals surface area contributed by atoms with Gasteiger partial charge in [-0.3, -0.25) is 14.9 Å². The van der Waals surface area contributed by atoms with Gasteiger partial charge in [0.15, 0.2) is 0 Å². The Labute approximate surface area is 162 Å². The maximum absolute atomic E-state index is 13.1. The minimum Gasteiger partial charge on any atom is -0.381 e. The van der Waals surface area contributed by atoms with Crippen LogP contribution in [0.25, 0.3) is 11.3 Å². The minimum absolute atomic E-state index is 0.176. The Morgan fingerprint density at radius 2 is 1.82 bits per heavy atom. The maximum Gasteiger partial charge on any atom is 0.416 e. The molecule has 0 N–H and O–H groups in total. The van der Waals surface area contributed by atoms with Gasteiger partial charge in [-0.05, 0) is 44.4 Å². The largest absolute Gasteiger partial charge is 0.416 e. The Balaban J connectivity index is 1.61. The molecule has 2 aliphatic rings. The fraction of sp³-hybridized carbons (Fsp3) is 0.524. The Bertz CT molecular complexity index is 805. The van der Waals surface area contributed by atoms with Crippen molar-refractivity contribution < 1.29 is 17.9 Å². The number of hydrogen-bond acceptors (Lipinski definition) is 4. The van der Waals surface area contributed by atoms with Crippen molar-refractivity contribution in [3.63, 3.8) is 0 Å². The summed E-state index contributed by atoms with van der Waals surface area (Å²) in [5.74, 6) is 0.176. The molecule has 1 aromatic heterocycles. The molecule has 150 valence electrons. The number of likely N-dealkylation sites (tertiary alicyclic amines) is 1. The zero-order valence-corrected chi connectivity index (χ0v) is 15.7. The number of rotatable bonds is 3. The molecule has 2 aliphatic heterocycles. The van der Waals surface area contributed by atoms with E-state index in [-0.39, 0.29) is 5.92 Å². The molecule has 2 aromatic rings. The normalized spacial score (nSPS) is 22.3. The smallest absolute Gasteiger partial charge is 0.381 e. The Hall–Kier alpha value is -1.99. The van der Waals surface area contributed by atoms with Crippen LogP contribution in [0.5, 0.6) is 0 Å². The summed E-state index contributed by atoms with van der Waals surface area (Å²) in [7, 11) is 0. The predicted octanol–water partition coefficient (Wildman–Crippen LogP) is 4.52. The van der Waals surface area contributed by atoms with Crippen molar-refractivity contribution in [1.29, 1.82) is 0 Å². The van der Waals surface area contributed by atoms with Crippen molar-refractivity contribution in [2.75, 3.05) is 26.3 Å². The number of piperidine rings is 1. The number of aromatic nitrogens is 2. The van der Waals surface area contributed by atoms with Gasteiger partial charge in [0.2, 0.25) is 0 Å². The van der Waals surface area contributed by atoms with Crippen molar-refractivity contribution in [3.05, 3.63) is 47.9 Å². The van der Waals surface area contributed by atoms with Gasteiger partial charge in [0.1, 0.15) is 0 Å². The molecule has 3 heterocycles. The standard InChI is InChI=1S/C21H24F3N3O/c22-21(23,24)17-5-1-3-15(13-17)19-20(26-9-8-25-19)16-4-2-10-27(14-16)18-6-11-28-12-7-18/h1,3,5,8-9,13,16,18H,2,4,6-7,10-12,14H2. The highest BCUT2D eigenvalue weighted by molar-refractivity contribution is 5.63. The van der Waals surface area contributed by atoms with Gasteiger partial charge in [-0.2, -0.15) is 13.2 Å². The first-order valence-corrected chi connectivity index (χ1v) is 9.82.